The maximum absolute atomic E-state index is 7.29. The molecule has 1 aromatic rings. The second-order valence-electron chi connectivity index (χ2n) is 3.43. The van der Waals surface area contributed by atoms with Gasteiger partial charge in [-0.25, -0.2) is 4.98 Å². The number of nitrogens with zero attached hydrogens (tertiary/aromatic N) is 1. The zero-order valence-electron chi connectivity index (χ0n) is 7.83. The molecule has 2 atom stereocenters. The first-order valence-electron chi connectivity index (χ1n) is 4.46. The fourth-order valence-corrected chi connectivity index (χ4v) is 1.82. The van der Waals surface area contributed by atoms with Crippen molar-refractivity contribution in [3.63, 3.8) is 0 Å². The van der Waals surface area contributed by atoms with Crippen LogP contribution >= 0.6 is 11.6 Å². The quantitative estimate of drug-likeness (QED) is 0.779. The summed E-state index contributed by atoms with van der Waals surface area (Å²) in [5, 5.41) is 7.55. The van der Waals surface area contributed by atoms with Gasteiger partial charge in [0.1, 0.15) is 5.17 Å². The lowest BCUT2D eigenvalue weighted by Crippen LogP contribution is -1.92. The van der Waals surface area contributed by atoms with Gasteiger partial charge in [0.05, 0.1) is 7.11 Å². The van der Waals surface area contributed by atoms with Crippen molar-refractivity contribution in [1.82, 2.24) is 4.98 Å². The summed E-state index contributed by atoms with van der Waals surface area (Å²) >= 11 is 5.62. The lowest BCUT2D eigenvalue weighted by Gasteiger charge is -2.00. The number of aromatic nitrogens is 1. The summed E-state index contributed by atoms with van der Waals surface area (Å²) in [6.07, 6.45) is 2.76. The highest BCUT2D eigenvalue weighted by Gasteiger charge is 2.41. The highest BCUT2D eigenvalue weighted by molar-refractivity contribution is 6.65. The molecule has 0 saturated heterocycles. The minimum absolute atomic E-state index is 0.215. The zero-order valence-corrected chi connectivity index (χ0v) is 8.58. The molecule has 1 aliphatic rings. The van der Waals surface area contributed by atoms with Crippen LogP contribution in [-0.2, 0) is 0 Å². The number of ether oxygens (including phenoxy) is 1. The number of halogens is 1. The van der Waals surface area contributed by atoms with Gasteiger partial charge in [0, 0.05) is 18.2 Å². The van der Waals surface area contributed by atoms with Gasteiger partial charge in [0.2, 0.25) is 5.88 Å². The number of nitrogens with one attached hydrogen (secondary N) is 1. The largest absolute Gasteiger partial charge is 0.481 e. The molecule has 3 nitrogen and oxygen atoms in total. The molecule has 1 N–H and O–H groups in total. The Bertz CT molecular complexity index is 350. The van der Waals surface area contributed by atoms with Crippen LogP contribution in [0.5, 0.6) is 5.88 Å². The Kier molecular flexibility index (Phi) is 2.42. The molecule has 0 aromatic carbocycles. The fourth-order valence-electron chi connectivity index (χ4n) is 1.58. The van der Waals surface area contributed by atoms with Crippen LogP contribution in [0.25, 0.3) is 0 Å². The van der Waals surface area contributed by atoms with Crippen molar-refractivity contribution in [2.24, 2.45) is 5.92 Å². The fraction of sp³-hybridized carbons (Fsp3) is 0.400. The summed E-state index contributed by atoms with van der Waals surface area (Å²) in [7, 11) is 1.59. The topological polar surface area (TPSA) is 46.0 Å². The third kappa shape index (κ3) is 1.73. The maximum Gasteiger partial charge on any atom is 0.212 e. The van der Waals surface area contributed by atoms with E-state index in [4.69, 9.17) is 21.7 Å². The zero-order chi connectivity index (χ0) is 10.1. The predicted molar refractivity (Wildman–Crippen MR) is 55.2 cm³/mol. The molecule has 0 spiro atoms. The molecule has 0 aliphatic heterocycles. The van der Waals surface area contributed by atoms with Gasteiger partial charge in [-0.1, -0.05) is 17.7 Å². The highest BCUT2D eigenvalue weighted by atomic mass is 35.5. The summed E-state index contributed by atoms with van der Waals surface area (Å²) < 4.78 is 4.96. The number of hydrogen-bond acceptors (Lipinski definition) is 3. The van der Waals surface area contributed by atoms with Crippen LogP contribution in [0.1, 0.15) is 17.9 Å². The Morgan fingerprint density at radius 1 is 1.64 bits per heavy atom. The van der Waals surface area contributed by atoms with Gasteiger partial charge in [-0.3, -0.25) is 5.41 Å². The Labute approximate surface area is 87.6 Å². The molecule has 0 bridgehead atoms. The van der Waals surface area contributed by atoms with Gasteiger partial charge >= 0.3 is 0 Å². The molecule has 0 amide bonds. The number of rotatable bonds is 3. The summed E-state index contributed by atoms with van der Waals surface area (Å²) in [5.74, 6) is 1.22. The Morgan fingerprint density at radius 3 is 2.86 bits per heavy atom. The second kappa shape index (κ2) is 3.58. The summed E-state index contributed by atoms with van der Waals surface area (Å²) in [4.78, 5) is 4.12. The summed E-state index contributed by atoms with van der Waals surface area (Å²) in [5.41, 5.74) is 1.14. The van der Waals surface area contributed by atoms with Crippen molar-refractivity contribution in [2.75, 3.05) is 7.11 Å². The smallest absolute Gasteiger partial charge is 0.212 e. The van der Waals surface area contributed by atoms with Crippen molar-refractivity contribution >= 4 is 16.8 Å². The van der Waals surface area contributed by atoms with E-state index in [1.807, 2.05) is 12.1 Å². The molecule has 1 saturated carbocycles. The van der Waals surface area contributed by atoms with E-state index in [0.29, 0.717) is 11.8 Å². The van der Waals surface area contributed by atoms with E-state index in [2.05, 4.69) is 4.98 Å². The Balaban J connectivity index is 2.08. The van der Waals surface area contributed by atoms with Crippen LogP contribution in [0.15, 0.2) is 18.3 Å². The van der Waals surface area contributed by atoms with Crippen LogP contribution in [0, 0.1) is 11.3 Å². The van der Waals surface area contributed by atoms with Gasteiger partial charge in [0.15, 0.2) is 0 Å². The van der Waals surface area contributed by atoms with Gasteiger partial charge in [0.25, 0.3) is 0 Å². The second-order valence-corrected chi connectivity index (χ2v) is 3.84. The molecule has 1 aromatic heterocycles. The average molecular weight is 211 g/mol. The molecule has 1 fully saturated rings. The Morgan fingerprint density at radius 2 is 2.43 bits per heavy atom. The van der Waals surface area contributed by atoms with Crippen molar-refractivity contribution in [2.45, 2.75) is 12.3 Å². The van der Waals surface area contributed by atoms with Gasteiger partial charge in [-0.2, -0.15) is 0 Å². The van der Waals surface area contributed by atoms with E-state index in [1.54, 1.807) is 13.3 Å². The monoisotopic (exact) mass is 210 g/mol. The van der Waals surface area contributed by atoms with Crippen molar-refractivity contribution < 1.29 is 4.74 Å². The molecule has 74 valence electrons. The average Bonchev–Trinajstić information content (AvgIpc) is 2.97. The predicted octanol–water partition coefficient (Wildman–Crippen LogP) is 2.41. The first kappa shape index (κ1) is 9.46. The lowest BCUT2D eigenvalue weighted by molar-refractivity contribution is 0.397. The minimum atomic E-state index is 0.215. The molecule has 2 rings (SSSR count). The highest BCUT2D eigenvalue weighted by Crippen LogP contribution is 2.48. The molecule has 1 heterocycles. The van der Waals surface area contributed by atoms with Crippen LogP contribution in [0.2, 0.25) is 0 Å². The van der Waals surface area contributed by atoms with Crippen molar-refractivity contribution in [3.8, 4) is 5.88 Å². The third-order valence-corrected chi connectivity index (χ3v) is 2.79. The van der Waals surface area contributed by atoms with Gasteiger partial charge in [-0.15, -0.1) is 0 Å². The summed E-state index contributed by atoms with van der Waals surface area (Å²) in [6.45, 7) is 0. The van der Waals surface area contributed by atoms with Crippen LogP contribution < -0.4 is 4.74 Å². The minimum Gasteiger partial charge on any atom is -0.481 e. The van der Waals surface area contributed by atoms with E-state index in [-0.39, 0.29) is 11.1 Å². The maximum atomic E-state index is 7.29. The normalized spacial score (nSPS) is 24.4. The standard InChI is InChI=1S/C10H11ClN2O/c1-14-9-3-2-6(5-13-9)7-4-8(7)10(11)12/h2-3,5,7-8,12H,4H2,1H3. The molecular weight excluding hydrogens is 200 g/mol. The first-order valence-corrected chi connectivity index (χ1v) is 4.84. The molecule has 4 heteroatoms. The SMILES string of the molecule is COc1ccc(C2CC2C(=N)Cl)cn1. The molecule has 1 aliphatic carbocycles. The van der Waals surface area contributed by atoms with Gasteiger partial charge < -0.3 is 4.74 Å². The molecule has 0 radical (unpaired) electrons. The molecule has 2 unspecified atom stereocenters. The first-order chi connectivity index (χ1) is 6.72. The number of pyridine rings is 1. The molecule has 14 heavy (non-hydrogen) atoms. The van der Waals surface area contributed by atoms with E-state index in [9.17, 15) is 0 Å². The van der Waals surface area contributed by atoms with E-state index >= 15 is 0 Å². The van der Waals surface area contributed by atoms with Crippen LogP contribution in [0.3, 0.4) is 0 Å². The van der Waals surface area contributed by atoms with Crippen LogP contribution in [-0.4, -0.2) is 17.3 Å². The number of hydrogen-bond donors (Lipinski definition) is 1. The lowest BCUT2D eigenvalue weighted by atomic mass is 10.1. The Hall–Kier alpha value is -1.09. The third-order valence-electron chi connectivity index (χ3n) is 2.51. The van der Waals surface area contributed by atoms with E-state index < -0.39 is 0 Å². The van der Waals surface area contributed by atoms with E-state index in [0.717, 1.165) is 12.0 Å². The molecular formula is C10H11ClN2O. The number of methoxy groups -OCH3 is 1. The van der Waals surface area contributed by atoms with Gasteiger partial charge in [-0.05, 0) is 17.9 Å². The summed E-state index contributed by atoms with van der Waals surface area (Å²) in [6, 6.07) is 3.82. The van der Waals surface area contributed by atoms with Crippen molar-refractivity contribution in [1.29, 1.82) is 5.41 Å². The van der Waals surface area contributed by atoms with Crippen LogP contribution in [0.4, 0.5) is 0 Å². The van der Waals surface area contributed by atoms with Crippen molar-refractivity contribution in [3.05, 3.63) is 23.9 Å². The van der Waals surface area contributed by atoms with E-state index in [1.165, 1.54) is 0 Å².